The number of ketones is 3. The van der Waals surface area contributed by atoms with Crippen LogP contribution in [-0.4, -0.2) is 58.1 Å². The fourth-order valence-electron chi connectivity index (χ4n) is 17.3. The van der Waals surface area contributed by atoms with Crippen molar-refractivity contribution in [3.63, 3.8) is 0 Å². The standard InChI is InChI=1S/C14H11NO.C14H9NO.C14H12O2.C13H16O2.C13H12O.C13H14.C12H14O.C11H12O2/c1-3-14(2)8-10-9-15-16-13(10)11-6-4-5-7-12(11)14;2*1-3-14(2)8-10(9-15)13(16)11-6-4-5-7-12(11)14;1-13(12(14)15-2)9-5-7-10-6-3-4-8-11(10)13;1-3-13(2)9-8-12(14)10-6-4-5-7-11(10)13;1-3-13(2)10-6-8-11-7-4-5-9-12(11)13;1-12(9-13)8-4-6-10-5-2-3-7-11(10)12;12-11(13)10-7-3-5-8-4-1-2-6-9(8)10/h1,4-7,9H,8H2,2H3;1,4-8H,2H3;1,4-7,9,15H,8H2,2H3;3-4,6,8H,5,7,9H2,1-2H3;1,4-7H,8-9H2,2H3;1,4-5,7,9H,6,8,10H2,2H3;2-3,5,7,9H,4,6,8H2,1H3;1-2,4,6,10H,3,5,7H2,(H,12,13)/b;;10-9-;;;;;. The van der Waals surface area contributed by atoms with Gasteiger partial charge in [0.2, 0.25) is 5.78 Å². The lowest BCUT2D eigenvalue weighted by Crippen LogP contribution is -2.37. The predicted molar refractivity (Wildman–Crippen MR) is 458 cm³/mol. The number of aliphatic hydroxyl groups is 1. The molecule has 0 amide bonds. The number of hydrogen-bond donors (Lipinski definition) is 2. The number of nitriles is 1. The van der Waals surface area contributed by atoms with Crippen LogP contribution < -0.4 is 0 Å². The molecule has 0 saturated carbocycles. The summed E-state index contributed by atoms with van der Waals surface area (Å²) in [5, 5.41) is 30.8. The van der Waals surface area contributed by atoms with Crippen LogP contribution in [0.4, 0.5) is 0 Å². The zero-order chi connectivity index (χ0) is 83.6. The molecule has 9 aromatic rings. The van der Waals surface area contributed by atoms with Gasteiger partial charge >= 0.3 is 11.9 Å². The van der Waals surface area contributed by atoms with Gasteiger partial charge in [-0.3, -0.25) is 24.0 Å². The number of hydrogen-bond acceptors (Lipinski definition) is 11. The summed E-state index contributed by atoms with van der Waals surface area (Å²) in [7, 11) is 1.46. The smallest absolute Gasteiger partial charge is 0.316 e. The van der Waals surface area contributed by atoms with Crippen LogP contribution in [-0.2, 0) is 89.1 Å². The van der Waals surface area contributed by atoms with Crippen LogP contribution in [0.15, 0.2) is 228 Å². The molecule has 8 aliphatic carbocycles. The third-order valence-corrected chi connectivity index (χ3v) is 24.3. The Morgan fingerprint density at radius 2 is 0.940 bits per heavy atom. The maximum atomic E-state index is 12.0. The van der Waals surface area contributed by atoms with Gasteiger partial charge in [0.25, 0.3) is 0 Å². The quantitative estimate of drug-likeness (QED) is 0.0558. The number of fused-ring (bicyclic) bond motifs is 10. The normalized spacial score (nSPS) is 24.2. The molecule has 0 spiro atoms. The van der Waals surface area contributed by atoms with Crippen molar-refractivity contribution >= 4 is 35.6 Å². The van der Waals surface area contributed by atoms with Gasteiger partial charge in [0.1, 0.15) is 12.4 Å². The van der Waals surface area contributed by atoms with E-state index in [1.54, 1.807) is 36.5 Å². The number of aldehydes is 1. The molecule has 8 unspecified atom stereocenters. The number of carbonyl (C=O) groups excluding carboxylic acids is 5. The van der Waals surface area contributed by atoms with Crippen molar-refractivity contribution in [3.8, 4) is 79.1 Å². The van der Waals surface area contributed by atoms with E-state index in [0.29, 0.717) is 29.5 Å². The summed E-state index contributed by atoms with van der Waals surface area (Å²) in [4.78, 5) is 69.3. The minimum absolute atomic E-state index is 0.0190. The summed E-state index contributed by atoms with van der Waals surface area (Å²) in [6, 6.07) is 65.0. The van der Waals surface area contributed by atoms with Gasteiger partial charge in [-0.2, -0.15) is 5.26 Å². The maximum absolute atomic E-state index is 12.0. The molecule has 1 aromatic heterocycles. The molecule has 1 heterocycles. The average Bonchev–Trinajstić information content (AvgIpc) is 1.46. The van der Waals surface area contributed by atoms with E-state index in [4.69, 9.17) is 56.9 Å². The van der Waals surface area contributed by atoms with Crippen LogP contribution in [0.25, 0.3) is 11.3 Å². The van der Waals surface area contributed by atoms with Crippen LogP contribution in [0.2, 0.25) is 0 Å². The summed E-state index contributed by atoms with van der Waals surface area (Å²) >= 11 is 0. The molecular weight excluding hydrogens is 1440 g/mol. The molecule has 12 heteroatoms. The molecule has 17 rings (SSSR count). The summed E-state index contributed by atoms with van der Waals surface area (Å²) < 4.78 is 10.2. The number of allylic oxidation sites excluding steroid dienone is 3. The minimum atomic E-state index is -0.688. The molecule has 0 aliphatic heterocycles. The highest BCUT2D eigenvalue weighted by molar-refractivity contribution is 6.14. The third kappa shape index (κ3) is 18.0. The number of carbonyl (C=O) groups is 6. The van der Waals surface area contributed by atoms with Gasteiger partial charge in [0.05, 0.1) is 63.5 Å². The lowest BCUT2D eigenvalue weighted by molar-refractivity contribution is -0.147. The number of rotatable bonds is 3. The topological polar surface area (TPSA) is 202 Å². The molecule has 586 valence electrons. The zero-order valence-electron chi connectivity index (χ0n) is 67.6. The average molecular weight is 1540 g/mol. The lowest BCUT2D eigenvalue weighted by Gasteiger charge is -2.33. The Morgan fingerprint density at radius 3 is 1.50 bits per heavy atom. The number of aliphatic hydroxyl groups excluding tert-OH is 1. The Balaban J connectivity index is 0.000000140. The molecule has 12 nitrogen and oxygen atoms in total. The van der Waals surface area contributed by atoms with E-state index in [2.05, 4.69) is 103 Å². The predicted octanol–water partition coefficient (Wildman–Crippen LogP) is 20.2. The summed E-state index contributed by atoms with van der Waals surface area (Å²) in [6.45, 7) is 14.0. The van der Waals surface area contributed by atoms with Gasteiger partial charge in [-0.05, 0) is 218 Å². The van der Waals surface area contributed by atoms with E-state index < -0.39 is 22.2 Å². The number of methoxy groups -OCH3 is 1. The largest absolute Gasteiger partial charge is 0.515 e. The molecule has 0 bridgehead atoms. The van der Waals surface area contributed by atoms with E-state index in [0.717, 1.165) is 145 Å². The number of nitrogens with zero attached hydrogens (tertiary/aromatic N) is 2. The third-order valence-electron chi connectivity index (χ3n) is 24.3. The molecule has 116 heavy (non-hydrogen) atoms. The van der Waals surface area contributed by atoms with Crippen LogP contribution in [0.3, 0.4) is 0 Å². The number of terminal acetylenes is 5. The zero-order valence-corrected chi connectivity index (χ0v) is 67.6. The van der Waals surface area contributed by atoms with Crippen LogP contribution in [0.1, 0.15) is 228 Å². The maximum Gasteiger partial charge on any atom is 0.316 e. The van der Waals surface area contributed by atoms with E-state index >= 15 is 0 Å². The van der Waals surface area contributed by atoms with Crippen LogP contribution in [0, 0.1) is 73.1 Å². The van der Waals surface area contributed by atoms with E-state index in [1.807, 2.05) is 156 Å². The Hall–Kier alpha value is -12.8. The number of aryl methyl sites for hydroxylation is 4. The SMILES string of the molecule is C#CC1(C)C/C(=C/O)C(=O)c2ccccc21.C#CC1(C)C=C(C#N)C(=O)c2ccccc21.C#CC1(C)CCC(=O)c2ccccc21.C#CC1(C)CCCc2ccccc21.C#CC1(C)Cc2cnoc2-c2ccccc21.CC1(C=O)CCCc2ccccc21.COC(=O)C1(C)CCCc2ccccc21.O=C(O)C1CCCc2ccccc21. The number of aliphatic carboxylic acids is 1. The first-order valence-electron chi connectivity index (χ1n) is 39.6. The first-order valence-corrected chi connectivity index (χ1v) is 39.6. The van der Waals surface area contributed by atoms with Crippen molar-refractivity contribution in [3.05, 3.63) is 313 Å². The second kappa shape index (κ2) is 37.0. The molecule has 8 atom stereocenters. The van der Waals surface area contributed by atoms with Gasteiger partial charge in [-0.25, -0.2) is 0 Å². The number of carboxylic acid groups (broad SMARTS) is 1. The van der Waals surface area contributed by atoms with E-state index in [-0.39, 0.29) is 56.5 Å². The second-order valence-electron chi connectivity index (χ2n) is 32.2. The Morgan fingerprint density at radius 1 is 0.491 bits per heavy atom. The number of benzene rings is 8. The number of ether oxygens (including phenoxy) is 1. The van der Waals surface area contributed by atoms with Crippen molar-refractivity contribution in [2.45, 2.75) is 195 Å². The van der Waals surface area contributed by atoms with Crippen molar-refractivity contribution in [1.29, 1.82) is 5.26 Å². The summed E-state index contributed by atoms with van der Waals surface area (Å²) in [5.41, 5.74) is 16.1. The fraction of sp³-hybridized carbons (Fsp3) is 0.308. The fourth-order valence-corrected chi connectivity index (χ4v) is 17.3. The Labute approximate surface area is 684 Å². The number of esters is 1. The van der Waals surface area contributed by atoms with Crippen molar-refractivity contribution in [2.75, 3.05) is 7.11 Å². The molecular formula is C104H100N2O10. The van der Waals surface area contributed by atoms with Crippen molar-refractivity contribution in [2.24, 2.45) is 0 Å². The van der Waals surface area contributed by atoms with Crippen LogP contribution >= 0.6 is 0 Å². The first-order chi connectivity index (χ1) is 55.6. The molecule has 0 radical (unpaired) electrons. The monoisotopic (exact) mass is 1540 g/mol. The number of carboxylic acids is 1. The van der Waals surface area contributed by atoms with E-state index in [9.17, 15) is 28.8 Å². The Kier molecular flexibility index (Phi) is 27.3. The van der Waals surface area contributed by atoms with Crippen molar-refractivity contribution < 1.29 is 48.2 Å². The van der Waals surface area contributed by atoms with E-state index in [1.165, 1.54) is 53.3 Å². The van der Waals surface area contributed by atoms with Gasteiger partial charge in [-0.1, -0.05) is 229 Å². The van der Waals surface area contributed by atoms with Gasteiger partial charge in [-0.15, -0.1) is 32.1 Å². The summed E-state index contributed by atoms with van der Waals surface area (Å²) in [5.74, 6) is 13.6. The molecule has 8 aliphatic rings. The highest BCUT2D eigenvalue weighted by Gasteiger charge is 2.42. The molecule has 0 fully saturated rings. The highest BCUT2D eigenvalue weighted by atomic mass is 16.5. The minimum Gasteiger partial charge on any atom is -0.515 e. The van der Waals surface area contributed by atoms with Crippen LogP contribution in [0.5, 0.6) is 0 Å². The lowest BCUT2D eigenvalue weighted by atomic mass is 9.70. The van der Waals surface area contributed by atoms with Gasteiger partial charge in [0, 0.05) is 45.2 Å². The van der Waals surface area contributed by atoms with Gasteiger partial charge in [0.15, 0.2) is 17.3 Å². The van der Waals surface area contributed by atoms with Gasteiger partial charge < -0.3 is 24.3 Å². The molecule has 2 N–H and O–H groups in total. The highest BCUT2D eigenvalue weighted by Crippen LogP contribution is 2.45. The first kappa shape index (κ1) is 85.6. The molecule has 8 aromatic carbocycles. The molecule has 0 saturated heterocycles. The van der Waals surface area contributed by atoms with Crippen molar-refractivity contribution in [1.82, 2.24) is 5.16 Å². The Bertz CT molecular complexity index is 5550. The summed E-state index contributed by atoms with van der Waals surface area (Å²) in [6.07, 6.45) is 48.3. The number of Topliss-reactive ketones (excluding diaryl/α,β-unsaturated/α-hetero) is 3. The second-order valence-corrected chi connectivity index (χ2v) is 32.2. The number of aromatic nitrogens is 1.